The number of carbonyl (C=O) groups is 1. The van der Waals surface area contributed by atoms with E-state index in [-0.39, 0.29) is 30.8 Å². The molecule has 1 N–H and O–H groups in total. The summed E-state index contributed by atoms with van der Waals surface area (Å²) in [4.78, 5) is 28.1. The van der Waals surface area contributed by atoms with Crippen molar-refractivity contribution in [1.82, 2.24) is 14.9 Å². The monoisotopic (exact) mass is 315 g/mol. The van der Waals surface area contributed by atoms with Crippen LogP contribution in [0.2, 0.25) is 0 Å². The minimum atomic E-state index is -0.286. The normalized spacial score (nSPS) is 12.5. The van der Waals surface area contributed by atoms with Gasteiger partial charge in [0.05, 0.1) is 12.0 Å². The lowest BCUT2D eigenvalue weighted by atomic mass is 10.1. The van der Waals surface area contributed by atoms with Gasteiger partial charge >= 0.3 is 0 Å². The van der Waals surface area contributed by atoms with E-state index in [1.807, 2.05) is 19.9 Å². The molecule has 7 nitrogen and oxygen atoms in total. The number of carbonyl (C=O) groups excluding carboxylic acids is 1. The molecule has 0 fully saturated rings. The van der Waals surface area contributed by atoms with Crippen molar-refractivity contribution < 1.29 is 14.3 Å². The van der Waals surface area contributed by atoms with Crippen molar-refractivity contribution in [3.63, 3.8) is 0 Å². The molecule has 0 saturated carbocycles. The van der Waals surface area contributed by atoms with Crippen LogP contribution >= 0.6 is 0 Å². The number of hydrogen-bond donors (Lipinski definition) is 1. The zero-order chi connectivity index (χ0) is 16.4. The highest BCUT2D eigenvalue weighted by molar-refractivity contribution is 5.76. The number of hydrogen-bond acceptors (Lipinski definition) is 5. The average Bonchev–Trinajstić information content (AvgIpc) is 2.96. The summed E-state index contributed by atoms with van der Waals surface area (Å²) in [7, 11) is 0. The van der Waals surface area contributed by atoms with Gasteiger partial charge in [0, 0.05) is 17.7 Å². The van der Waals surface area contributed by atoms with Gasteiger partial charge < -0.3 is 14.8 Å². The highest BCUT2D eigenvalue weighted by Crippen LogP contribution is 2.35. The first kappa shape index (κ1) is 15.1. The molecule has 0 radical (unpaired) electrons. The molecule has 0 bridgehead atoms. The zero-order valence-corrected chi connectivity index (χ0v) is 12.9. The van der Waals surface area contributed by atoms with Crippen LogP contribution in [-0.2, 0) is 11.3 Å². The zero-order valence-electron chi connectivity index (χ0n) is 12.9. The summed E-state index contributed by atoms with van der Waals surface area (Å²) >= 11 is 0. The second-order valence-corrected chi connectivity index (χ2v) is 5.53. The lowest BCUT2D eigenvalue weighted by Gasteiger charge is -2.10. The predicted octanol–water partition coefficient (Wildman–Crippen LogP) is 1.16. The molecule has 1 aromatic carbocycles. The molecular formula is C16H17N3O4. The quantitative estimate of drug-likeness (QED) is 0.915. The second kappa shape index (κ2) is 6.12. The summed E-state index contributed by atoms with van der Waals surface area (Å²) in [6, 6.07) is 6.80. The summed E-state index contributed by atoms with van der Waals surface area (Å²) in [5, 5.41) is 2.74. The highest BCUT2D eigenvalue weighted by Gasteiger charge is 2.15. The van der Waals surface area contributed by atoms with Gasteiger partial charge in [0.25, 0.3) is 5.56 Å². The van der Waals surface area contributed by atoms with Gasteiger partial charge in [0.15, 0.2) is 11.5 Å². The lowest BCUT2D eigenvalue weighted by Crippen LogP contribution is -2.35. The van der Waals surface area contributed by atoms with E-state index in [9.17, 15) is 9.59 Å². The smallest absolute Gasteiger partial charge is 0.254 e. The van der Waals surface area contributed by atoms with E-state index in [4.69, 9.17) is 9.47 Å². The maximum absolute atomic E-state index is 12.2. The Kier molecular flexibility index (Phi) is 4.01. The molecule has 2 heterocycles. The number of rotatable bonds is 4. The molecule has 2 aromatic rings. The van der Waals surface area contributed by atoms with Gasteiger partial charge in [-0.25, -0.2) is 4.98 Å². The molecular weight excluding hydrogens is 298 g/mol. The largest absolute Gasteiger partial charge is 0.454 e. The van der Waals surface area contributed by atoms with Crippen LogP contribution < -0.4 is 20.3 Å². The van der Waals surface area contributed by atoms with Crippen LogP contribution in [0.4, 0.5) is 0 Å². The third-order valence-electron chi connectivity index (χ3n) is 3.31. The maximum Gasteiger partial charge on any atom is 0.254 e. The van der Waals surface area contributed by atoms with E-state index < -0.39 is 0 Å². The third kappa shape index (κ3) is 3.33. The first-order chi connectivity index (χ1) is 11.0. The molecule has 1 aliphatic rings. The lowest BCUT2D eigenvalue weighted by molar-refractivity contribution is -0.122. The van der Waals surface area contributed by atoms with Crippen LogP contribution in [0.1, 0.15) is 13.8 Å². The summed E-state index contributed by atoms with van der Waals surface area (Å²) < 4.78 is 11.8. The van der Waals surface area contributed by atoms with Crippen LogP contribution in [0, 0.1) is 0 Å². The van der Waals surface area contributed by atoms with Crippen molar-refractivity contribution in [2.45, 2.75) is 26.4 Å². The molecule has 7 heteroatoms. The number of nitrogens with zero attached hydrogens (tertiary/aromatic N) is 2. The van der Waals surface area contributed by atoms with Gasteiger partial charge in [0.1, 0.15) is 6.54 Å². The minimum Gasteiger partial charge on any atom is -0.454 e. The van der Waals surface area contributed by atoms with Crippen molar-refractivity contribution in [2.75, 3.05) is 6.79 Å². The first-order valence-corrected chi connectivity index (χ1v) is 7.29. The molecule has 1 aliphatic heterocycles. The average molecular weight is 315 g/mol. The van der Waals surface area contributed by atoms with E-state index >= 15 is 0 Å². The molecule has 1 amide bonds. The Bertz CT molecular complexity index is 798. The van der Waals surface area contributed by atoms with Gasteiger partial charge in [-0.05, 0) is 32.0 Å². The molecule has 0 saturated heterocycles. The third-order valence-corrected chi connectivity index (χ3v) is 3.31. The van der Waals surface area contributed by atoms with E-state index in [1.165, 1.54) is 17.0 Å². The van der Waals surface area contributed by atoms with E-state index in [0.717, 1.165) is 5.56 Å². The van der Waals surface area contributed by atoms with Crippen LogP contribution in [0.25, 0.3) is 11.3 Å². The van der Waals surface area contributed by atoms with Gasteiger partial charge in [-0.1, -0.05) is 0 Å². The van der Waals surface area contributed by atoms with Crippen molar-refractivity contribution >= 4 is 5.91 Å². The van der Waals surface area contributed by atoms with Crippen LogP contribution in [0.3, 0.4) is 0 Å². The number of nitrogens with one attached hydrogen (secondary N) is 1. The fourth-order valence-corrected chi connectivity index (χ4v) is 2.28. The van der Waals surface area contributed by atoms with Gasteiger partial charge in [0.2, 0.25) is 12.7 Å². The molecule has 120 valence electrons. The summed E-state index contributed by atoms with van der Waals surface area (Å²) in [6.07, 6.45) is 1.38. The summed E-state index contributed by atoms with van der Waals surface area (Å²) in [5.74, 6) is 1.08. The van der Waals surface area contributed by atoms with Gasteiger partial charge in [-0.15, -0.1) is 0 Å². The van der Waals surface area contributed by atoms with E-state index in [0.29, 0.717) is 17.2 Å². The van der Waals surface area contributed by atoms with E-state index in [2.05, 4.69) is 10.3 Å². The van der Waals surface area contributed by atoms with Crippen LogP contribution in [0.15, 0.2) is 35.4 Å². The van der Waals surface area contributed by atoms with Gasteiger partial charge in [-0.3, -0.25) is 14.2 Å². The fourth-order valence-electron chi connectivity index (χ4n) is 2.28. The Morgan fingerprint density at radius 1 is 1.30 bits per heavy atom. The van der Waals surface area contributed by atoms with Crippen LogP contribution in [0.5, 0.6) is 11.5 Å². The Morgan fingerprint density at radius 3 is 2.83 bits per heavy atom. The number of benzene rings is 1. The first-order valence-electron chi connectivity index (χ1n) is 7.29. The molecule has 3 rings (SSSR count). The topological polar surface area (TPSA) is 82.5 Å². The Morgan fingerprint density at radius 2 is 2.09 bits per heavy atom. The van der Waals surface area contributed by atoms with Crippen molar-refractivity contribution in [3.8, 4) is 22.8 Å². The SMILES string of the molecule is CC(C)NC(=O)Cn1cnc(-c2ccc3c(c2)OCO3)cc1=O. The number of ether oxygens (including phenoxy) is 2. The van der Waals surface area contributed by atoms with Crippen LogP contribution in [-0.4, -0.2) is 28.3 Å². The second-order valence-electron chi connectivity index (χ2n) is 5.53. The Balaban J connectivity index is 1.82. The highest BCUT2D eigenvalue weighted by atomic mass is 16.7. The maximum atomic E-state index is 12.2. The minimum absolute atomic E-state index is 0.0269. The summed E-state index contributed by atoms with van der Waals surface area (Å²) in [5.41, 5.74) is 0.991. The standard InChI is InChI=1S/C16H17N3O4/c1-10(2)18-15(20)7-19-8-17-12(6-16(19)21)11-3-4-13-14(5-11)23-9-22-13/h3-6,8,10H,7,9H2,1-2H3,(H,18,20). The molecule has 0 atom stereocenters. The van der Waals surface area contributed by atoms with Crippen molar-refractivity contribution in [3.05, 3.63) is 40.9 Å². The Labute approximate surface area is 132 Å². The molecule has 0 unspecified atom stereocenters. The van der Waals surface area contributed by atoms with E-state index in [1.54, 1.807) is 12.1 Å². The summed E-state index contributed by atoms with van der Waals surface area (Å²) in [6.45, 7) is 3.87. The molecule has 0 aliphatic carbocycles. The van der Waals surface area contributed by atoms with Gasteiger partial charge in [-0.2, -0.15) is 0 Å². The van der Waals surface area contributed by atoms with Crippen molar-refractivity contribution in [1.29, 1.82) is 0 Å². The molecule has 1 aromatic heterocycles. The molecule has 23 heavy (non-hydrogen) atoms. The Hall–Kier alpha value is -2.83. The van der Waals surface area contributed by atoms with Crippen molar-refractivity contribution in [2.24, 2.45) is 0 Å². The number of aromatic nitrogens is 2. The fraction of sp³-hybridized carbons (Fsp3) is 0.312. The number of amides is 1. The predicted molar refractivity (Wildman–Crippen MR) is 83.3 cm³/mol. The number of fused-ring (bicyclic) bond motifs is 1. The molecule has 0 spiro atoms.